The van der Waals surface area contributed by atoms with Gasteiger partial charge in [-0.15, -0.1) is 0 Å². The molecule has 1 aromatic carbocycles. The number of nitrogens with zero attached hydrogens (tertiary/aromatic N) is 2. The smallest absolute Gasteiger partial charge is 0.354 e. The third kappa shape index (κ3) is 2.93. The lowest BCUT2D eigenvalue weighted by molar-refractivity contribution is -0.151. The first-order valence-corrected chi connectivity index (χ1v) is 7.51. The molecule has 6 heteroatoms. The Morgan fingerprint density at radius 3 is 2.48 bits per heavy atom. The van der Waals surface area contributed by atoms with Gasteiger partial charge in [-0.25, -0.2) is 4.79 Å². The average Bonchev–Trinajstić information content (AvgIpc) is 2.83. The minimum absolute atomic E-state index is 0.121. The van der Waals surface area contributed by atoms with Crippen LogP contribution in [0.1, 0.15) is 18.7 Å². The lowest BCUT2D eigenvalue weighted by atomic mass is 10.1. The Morgan fingerprint density at radius 1 is 1.22 bits per heavy atom. The summed E-state index contributed by atoms with van der Waals surface area (Å²) in [6.45, 7) is 1.92. The van der Waals surface area contributed by atoms with E-state index in [1.165, 1.54) is 0 Å². The number of anilines is 1. The van der Waals surface area contributed by atoms with Crippen LogP contribution in [0, 0.1) is 0 Å². The number of carbonyl (C=O) groups is 1. The molecule has 118 valence electrons. The standard InChI is InChI=1S/C17H15ClN2O3/c1-11(13-9-5-6-10-19-13)20(12-7-3-2-4-8-12)15-14(18)16(21)23-17(15)22/h2-11,17,22H,1H3. The lowest BCUT2D eigenvalue weighted by Gasteiger charge is -2.32. The van der Waals surface area contributed by atoms with Gasteiger partial charge in [0.2, 0.25) is 6.29 Å². The van der Waals surface area contributed by atoms with E-state index in [-0.39, 0.29) is 16.8 Å². The highest BCUT2D eigenvalue weighted by molar-refractivity contribution is 6.42. The van der Waals surface area contributed by atoms with Crippen LogP contribution in [0.2, 0.25) is 0 Å². The first-order valence-electron chi connectivity index (χ1n) is 7.13. The minimum atomic E-state index is -1.40. The Hall–Kier alpha value is -2.37. The predicted octanol–water partition coefficient (Wildman–Crippen LogP) is 2.97. The van der Waals surface area contributed by atoms with E-state index in [2.05, 4.69) is 4.98 Å². The largest absolute Gasteiger partial charge is 0.425 e. The molecule has 0 radical (unpaired) electrons. The molecule has 3 rings (SSSR count). The number of carbonyl (C=O) groups excluding carboxylic acids is 1. The number of esters is 1. The number of aliphatic hydroxyl groups is 1. The normalized spacial score (nSPS) is 18.7. The predicted molar refractivity (Wildman–Crippen MR) is 86.6 cm³/mol. The molecule has 2 atom stereocenters. The molecule has 0 saturated heterocycles. The van der Waals surface area contributed by atoms with Crippen molar-refractivity contribution in [2.24, 2.45) is 0 Å². The summed E-state index contributed by atoms with van der Waals surface area (Å²) in [6, 6.07) is 14.7. The highest BCUT2D eigenvalue weighted by Crippen LogP contribution is 2.37. The maximum Gasteiger partial charge on any atom is 0.354 e. The van der Waals surface area contributed by atoms with Gasteiger partial charge in [-0.2, -0.15) is 0 Å². The maximum absolute atomic E-state index is 11.7. The molecule has 1 aliphatic rings. The Labute approximate surface area is 138 Å². The van der Waals surface area contributed by atoms with E-state index in [1.54, 1.807) is 11.1 Å². The highest BCUT2D eigenvalue weighted by Gasteiger charge is 2.38. The lowest BCUT2D eigenvalue weighted by Crippen LogP contribution is -2.32. The van der Waals surface area contributed by atoms with Crippen molar-refractivity contribution in [3.63, 3.8) is 0 Å². The van der Waals surface area contributed by atoms with Crippen LogP contribution in [0.5, 0.6) is 0 Å². The Kier molecular flexibility index (Phi) is 4.32. The van der Waals surface area contributed by atoms with Crippen LogP contribution in [0.3, 0.4) is 0 Å². The van der Waals surface area contributed by atoms with E-state index in [4.69, 9.17) is 16.3 Å². The third-order valence-electron chi connectivity index (χ3n) is 3.65. The monoisotopic (exact) mass is 330 g/mol. The van der Waals surface area contributed by atoms with Crippen molar-refractivity contribution >= 4 is 23.3 Å². The van der Waals surface area contributed by atoms with Gasteiger partial charge in [-0.3, -0.25) is 4.98 Å². The van der Waals surface area contributed by atoms with Gasteiger partial charge in [0.15, 0.2) is 5.03 Å². The first kappa shape index (κ1) is 15.5. The van der Waals surface area contributed by atoms with Crippen molar-refractivity contribution in [3.05, 3.63) is 71.2 Å². The molecule has 5 nitrogen and oxygen atoms in total. The zero-order valence-corrected chi connectivity index (χ0v) is 13.1. The molecule has 0 amide bonds. The number of ether oxygens (including phenoxy) is 1. The number of hydrogen-bond donors (Lipinski definition) is 1. The average molecular weight is 331 g/mol. The van der Waals surface area contributed by atoms with Crippen LogP contribution >= 0.6 is 11.6 Å². The van der Waals surface area contributed by atoms with E-state index < -0.39 is 12.3 Å². The fourth-order valence-corrected chi connectivity index (χ4v) is 2.79. The van der Waals surface area contributed by atoms with Gasteiger partial charge < -0.3 is 14.7 Å². The Balaban J connectivity index is 2.11. The molecule has 0 aliphatic carbocycles. The number of aliphatic hydroxyl groups excluding tert-OH is 1. The number of cyclic esters (lactones) is 1. The molecule has 1 aromatic heterocycles. The number of para-hydroxylation sites is 1. The van der Waals surface area contributed by atoms with E-state index in [0.29, 0.717) is 0 Å². The molecule has 1 aliphatic heterocycles. The van der Waals surface area contributed by atoms with E-state index in [9.17, 15) is 9.90 Å². The van der Waals surface area contributed by atoms with Crippen molar-refractivity contribution in [3.8, 4) is 0 Å². The Bertz CT molecular complexity index is 734. The molecule has 2 heterocycles. The number of benzene rings is 1. The van der Waals surface area contributed by atoms with Gasteiger partial charge >= 0.3 is 5.97 Å². The maximum atomic E-state index is 11.7. The van der Waals surface area contributed by atoms with E-state index in [1.807, 2.05) is 55.5 Å². The van der Waals surface area contributed by atoms with Gasteiger partial charge in [0.1, 0.15) is 5.70 Å². The number of pyridine rings is 1. The zero-order valence-electron chi connectivity index (χ0n) is 12.4. The SMILES string of the molecule is CC(c1ccccn1)N(C1=C(Cl)C(=O)OC1O)c1ccccc1. The van der Waals surface area contributed by atoms with Gasteiger partial charge in [0, 0.05) is 11.9 Å². The van der Waals surface area contributed by atoms with Gasteiger partial charge in [0.05, 0.1) is 11.7 Å². The molecule has 0 fully saturated rings. The van der Waals surface area contributed by atoms with Crippen LogP contribution < -0.4 is 4.90 Å². The minimum Gasteiger partial charge on any atom is -0.425 e. The summed E-state index contributed by atoms with van der Waals surface area (Å²) in [4.78, 5) is 17.8. The molecule has 1 N–H and O–H groups in total. The van der Waals surface area contributed by atoms with Crippen molar-refractivity contribution in [2.75, 3.05) is 4.90 Å². The summed E-state index contributed by atoms with van der Waals surface area (Å²) in [7, 11) is 0. The van der Waals surface area contributed by atoms with Gasteiger partial charge in [-0.05, 0) is 31.2 Å². The van der Waals surface area contributed by atoms with Crippen molar-refractivity contribution in [1.29, 1.82) is 0 Å². The molecule has 0 saturated carbocycles. The van der Waals surface area contributed by atoms with Crippen molar-refractivity contribution < 1.29 is 14.6 Å². The second-order valence-electron chi connectivity index (χ2n) is 5.09. The zero-order chi connectivity index (χ0) is 16.4. The van der Waals surface area contributed by atoms with Crippen LogP contribution in [-0.4, -0.2) is 22.3 Å². The van der Waals surface area contributed by atoms with Crippen molar-refractivity contribution in [1.82, 2.24) is 4.98 Å². The fourth-order valence-electron chi connectivity index (χ4n) is 2.56. The fraction of sp³-hybridized carbons (Fsp3) is 0.176. The second kappa shape index (κ2) is 6.40. The number of aromatic nitrogens is 1. The molecule has 0 bridgehead atoms. The molecular formula is C17H15ClN2O3. The molecular weight excluding hydrogens is 316 g/mol. The molecule has 2 aromatic rings. The number of halogens is 1. The van der Waals surface area contributed by atoms with E-state index in [0.717, 1.165) is 11.4 Å². The van der Waals surface area contributed by atoms with Crippen molar-refractivity contribution in [2.45, 2.75) is 19.3 Å². The first-order chi connectivity index (χ1) is 11.1. The molecule has 23 heavy (non-hydrogen) atoms. The van der Waals surface area contributed by atoms with Crippen LogP contribution in [0.25, 0.3) is 0 Å². The van der Waals surface area contributed by atoms with Gasteiger partial charge in [-0.1, -0.05) is 35.9 Å². The van der Waals surface area contributed by atoms with Crippen LogP contribution in [-0.2, 0) is 9.53 Å². The second-order valence-corrected chi connectivity index (χ2v) is 5.47. The topological polar surface area (TPSA) is 62.7 Å². The van der Waals surface area contributed by atoms with Gasteiger partial charge in [0.25, 0.3) is 0 Å². The summed E-state index contributed by atoms with van der Waals surface area (Å²) in [6.07, 6.45) is 0.291. The summed E-state index contributed by atoms with van der Waals surface area (Å²) in [5.74, 6) is -0.733. The third-order valence-corrected chi connectivity index (χ3v) is 4.00. The summed E-state index contributed by atoms with van der Waals surface area (Å²) in [5, 5.41) is 9.99. The van der Waals surface area contributed by atoms with E-state index >= 15 is 0 Å². The van der Waals surface area contributed by atoms with Crippen LogP contribution in [0.4, 0.5) is 5.69 Å². The Morgan fingerprint density at radius 2 is 1.91 bits per heavy atom. The van der Waals surface area contributed by atoms with Crippen LogP contribution in [0.15, 0.2) is 65.5 Å². The number of hydrogen-bond acceptors (Lipinski definition) is 5. The summed E-state index contributed by atoms with van der Waals surface area (Å²) < 4.78 is 4.82. The number of rotatable bonds is 4. The molecule has 2 unspecified atom stereocenters. The molecule has 0 spiro atoms. The summed E-state index contributed by atoms with van der Waals surface area (Å²) in [5.41, 5.74) is 1.78. The highest BCUT2D eigenvalue weighted by atomic mass is 35.5. The summed E-state index contributed by atoms with van der Waals surface area (Å²) >= 11 is 6.08. The quantitative estimate of drug-likeness (QED) is 0.873.